The summed E-state index contributed by atoms with van der Waals surface area (Å²) in [6.07, 6.45) is 6.45. The molecule has 2 aromatic heterocycles. The molecule has 2 aliphatic rings. The number of anilines is 2. The molecule has 31 heavy (non-hydrogen) atoms. The second kappa shape index (κ2) is 8.78. The predicted octanol–water partition coefficient (Wildman–Crippen LogP) is 3.92. The van der Waals surface area contributed by atoms with Crippen LogP contribution in [0, 0.1) is 5.41 Å². The van der Waals surface area contributed by atoms with Gasteiger partial charge < -0.3 is 16.4 Å². The monoisotopic (exact) mass is 475 g/mol. The highest BCUT2D eigenvalue weighted by Gasteiger charge is 2.46. The van der Waals surface area contributed by atoms with Gasteiger partial charge in [0.15, 0.2) is 0 Å². The van der Waals surface area contributed by atoms with E-state index in [0.717, 1.165) is 37.2 Å². The van der Waals surface area contributed by atoms with E-state index in [1.165, 1.54) is 22.9 Å². The van der Waals surface area contributed by atoms with Crippen LogP contribution in [0.25, 0.3) is 0 Å². The number of hydrogen-bond donors (Lipinski definition) is 2. The van der Waals surface area contributed by atoms with Crippen molar-refractivity contribution in [1.29, 1.82) is 0 Å². The SMILES string of the molecule is Cl.Nc1nccc(Sc2cnc(N3CCC4(CC3)Cc3ccccc3[C@H]4N)nn2)c1Cl. The fourth-order valence-corrected chi connectivity index (χ4v) is 5.50. The number of aromatic nitrogens is 4. The number of hydrogen-bond acceptors (Lipinski definition) is 8. The molecule has 0 amide bonds. The van der Waals surface area contributed by atoms with Crippen LogP contribution in [-0.4, -0.2) is 33.3 Å². The van der Waals surface area contributed by atoms with Crippen LogP contribution in [0.1, 0.15) is 30.0 Å². The van der Waals surface area contributed by atoms with Gasteiger partial charge >= 0.3 is 0 Å². The summed E-state index contributed by atoms with van der Waals surface area (Å²) >= 11 is 7.57. The first-order chi connectivity index (χ1) is 14.6. The molecule has 162 valence electrons. The van der Waals surface area contributed by atoms with Crippen LogP contribution in [0.2, 0.25) is 5.02 Å². The van der Waals surface area contributed by atoms with E-state index in [4.69, 9.17) is 23.1 Å². The van der Waals surface area contributed by atoms with E-state index >= 15 is 0 Å². The number of nitrogen functional groups attached to an aromatic ring is 1. The second-order valence-corrected chi connectivity index (χ2v) is 9.35. The van der Waals surface area contributed by atoms with Crippen molar-refractivity contribution in [3.05, 3.63) is 58.9 Å². The molecular weight excluding hydrogens is 453 g/mol. The van der Waals surface area contributed by atoms with Gasteiger partial charge in [0.2, 0.25) is 5.95 Å². The van der Waals surface area contributed by atoms with Crippen molar-refractivity contribution < 1.29 is 0 Å². The van der Waals surface area contributed by atoms with Gasteiger partial charge in [-0.1, -0.05) is 47.6 Å². The molecule has 1 spiro atoms. The summed E-state index contributed by atoms with van der Waals surface area (Å²) < 4.78 is 0. The fraction of sp³-hybridized carbons (Fsp3) is 0.333. The van der Waals surface area contributed by atoms with Crippen LogP contribution in [0.5, 0.6) is 0 Å². The number of fused-ring (bicyclic) bond motifs is 1. The first-order valence-corrected chi connectivity index (χ1v) is 11.1. The standard InChI is InChI=1S/C21H22ClN7S.ClH/c22-17-15(5-8-25-19(17)24)30-16-12-26-20(28-27-16)29-9-6-21(7-10-29)11-13-3-1-2-4-14(13)18(21)23;/h1-5,8,12,18H,6-7,9-11,23H2,(H2,24,25);1H/t18-;/m1./s1. The van der Waals surface area contributed by atoms with Gasteiger partial charge in [-0.25, -0.2) is 9.97 Å². The molecule has 1 aliphatic carbocycles. The van der Waals surface area contributed by atoms with Gasteiger partial charge in [-0.05, 0) is 41.9 Å². The van der Waals surface area contributed by atoms with E-state index in [1.54, 1.807) is 18.5 Å². The number of piperidine rings is 1. The predicted molar refractivity (Wildman–Crippen MR) is 126 cm³/mol. The Hall–Kier alpha value is -2.13. The zero-order valence-corrected chi connectivity index (χ0v) is 19.1. The summed E-state index contributed by atoms with van der Waals surface area (Å²) in [7, 11) is 0. The summed E-state index contributed by atoms with van der Waals surface area (Å²) in [4.78, 5) is 11.5. The van der Waals surface area contributed by atoms with Crippen LogP contribution < -0.4 is 16.4 Å². The average molecular weight is 476 g/mol. The molecule has 1 saturated heterocycles. The molecule has 3 aromatic rings. The van der Waals surface area contributed by atoms with Crippen molar-refractivity contribution in [3.8, 4) is 0 Å². The van der Waals surface area contributed by atoms with Gasteiger partial charge in [0.05, 0.1) is 11.2 Å². The number of nitrogens with zero attached hydrogens (tertiary/aromatic N) is 5. The lowest BCUT2D eigenvalue weighted by Gasteiger charge is -2.42. The molecule has 0 bridgehead atoms. The number of pyridine rings is 1. The maximum Gasteiger partial charge on any atom is 0.245 e. The molecule has 5 rings (SSSR count). The van der Waals surface area contributed by atoms with Crippen LogP contribution in [0.3, 0.4) is 0 Å². The first-order valence-electron chi connectivity index (χ1n) is 9.92. The Morgan fingerprint density at radius 3 is 2.58 bits per heavy atom. The highest BCUT2D eigenvalue weighted by atomic mass is 35.5. The summed E-state index contributed by atoms with van der Waals surface area (Å²) in [6.45, 7) is 1.76. The van der Waals surface area contributed by atoms with E-state index in [0.29, 0.717) is 21.8 Å². The maximum atomic E-state index is 6.67. The molecular formula is C21H23Cl2N7S. The maximum absolute atomic E-state index is 6.67. The molecule has 10 heteroatoms. The number of nitrogens with two attached hydrogens (primary N) is 2. The summed E-state index contributed by atoms with van der Waals surface area (Å²) in [5.74, 6) is 0.951. The third kappa shape index (κ3) is 4.05. The van der Waals surface area contributed by atoms with Crippen molar-refractivity contribution in [1.82, 2.24) is 20.2 Å². The zero-order chi connectivity index (χ0) is 20.7. The molecule has 0 radical (unpaired) electrons. The molecule has 3 heterocycles. The Morgan fingerprint density at radius 2 is 1.87 bits per heavy atom. The topological polar surface area (TPSA) is 107 Å². The van der Waals surface area contributed by atoms with Gasteiger partial charge in [-0.3, -0.25) is 0 Å². The third-order valence-electron chi connectivity index (χ3n) is 6.26. The van der Waals surface area contributed by atoms with E-state index in [2.05, 4.69) is 49.3 Å². The summed E-state index contributed by atoms with van der Waals surface area (Å²) in [6, 6.07) is 10.5. The molecule has 0 saturated carbocycles. The van der Waals surface area contributed by atoms with Crippen molar-refractivity contribution >= 4 is 47.5 Å². The van der Waals surface area contributed by atoms with Gasteiger partial charge in [-0.2, -0.15) is 0 Å². The lowest BCUT2D eigenvalue weighted by Crippen LogP contribution is -2.45. The van der Waals surface area contributed by atoms with E-state index in [1.807, 2.05) is 0 Å². The Bertz CT molecular complexity index is 1070. The Morgan fingerprint density at radius 1 is 1.10 bits per heavy atom. The molecule has 1 fully saturated rings. The van der Waals surface area contributed by atoms with Crippen LogP contribution >= 0.6 is 35.8 Å². The minimum absolute atomic E-state index is 0. The second-order valence-electron chi connectivity index (χ2n) is 7.91. The number of halogens is 2. The Labute approximate surface area is 196 Å². The number of rotatable bonds is 3. The molecule has 4 N–H and O–H groups in total. The molecule has 7 nitrogen and oxygen atoms in total. The highest BCUT2D eigenvalue weighted by Crippen LogP contribution is 2.50. The van der Waals surface area contributed by atoms with Gasteiger partial charge in [-0.15, -0.1) is 22.6 Å². The van der Waals surface area contributed by atoms with Crippen LogP contribution in [-0.2, 0) is 6.42 Å². The Balaban J connectivity index is 0.00000231. The zero-order valence-electron chi connectivity index (χ0n) is 16.7. The normalized spacial score (nSPS) is 19.2. The van der Waals surface area contributed by atoms with Crippen molar-refractivity contribution in [2.24, 2.45) is 11.1 Å². The fourth-order valence-electron chi connectivity index (χ4n) is 4.54. The third-order valence-corrected chi connectivity index (χ3v) is 7.72. The smallest absolute Gasteiger partial charge is 0.245 e. The first kappa shape index (κ1) is 22.1. The van der Waals surface area contributed by atoms with Gasteiger partial charge in [0.1, 0.15) is 10.8 Å². The molecule has 1 aliphatic heterocycles. The summed E-state index contributed by atoms with van der Waals surface area (Å²) in [5.41, 5.74) is 15.3. The van der Waals surface area contributed by atoms with E-state index < -0.39 is 0 Å². The van der Waals surface area contributed by atoms with Crippen molar-refractivity contribution in [3.63, 3.8) is 0 Å². The van der Waals surface area contributed by atoms with E-state index in [9.17, 15) is 0 Å². The minimum atomic E-state index is 0. The average Bonchev–Trinajstić information content (AvgIpc) is 3.04. The largest absolute Gasteiger partial charge is 0.382 e. The Kier molecular flexibility index (Phi) is 6.25. The highest BCUT2D eigenvalue weighted by molar-refractivity contribution is 7.99. The van der Waals surface area contributed by atoms with Crippen molar-refractivity contribution in [2.45, 2.75) is 35.2 Å². The van der Waals surface area contributed by atoms with Gasteiger partial charge in [0, 0.05) is 30.2 Å². The van der Waals surface area contributed by atoms with E-state index in [-0.39, 0.29) is 23.9 Å². The van der Waals surface area contributed by atoms with Gasteiger partial charge in [0.25, 0.3) is 0 Å². The number of benzene rings is 1. The lowest BCUT2D eigenvalue weighted by atomic mass is 9.73. The van der Waals surface area contributed by atoms with Crippen LogP contribution in [0.15, 0.2) is 52.6 Å². The van der Waals surface area contributed by atoms with Crippen LogP contribution in [0.4, 0.5) is 11.8 Å². The molecule has 1 aromatic carbocycles. The molecule has 0 unspecified atom stereocenters. The molecule has 1 atom stereocenters. The van der Waals surface area contributed by atoms with Crippen molar-refractivity contribution in [2.75, 3.05) is 23.7 Å². The summed E-state index contributed by atoms with van der Waals surface area (Å²) in [5, 5.41) is 9.75. The quantitative estimate of drug-likeness (QED) is 0.586. The minimum Gasteiger partial charge on any atom is -0.382 e. The lowest BCUT2D eigenvalue weighted by molar-refractivity contribution is 0.186.